The third-order valence-corrected chi connectivity index (χ3v) is 3.20. The second-order valence-corrected chi connectivity index (χ2v) is 5.19. The normalized spacial score (nSPS) is 13.6. The molecule has 0 spiro atoms. The molecular formula is C16H21NO4. The molecule has 0 aliphatic carbocycles. The number of nitrogens with one attached hydrogen (secondary N) is 1. The quantitative estimate of drug-likeness (QED) is 0.469. The smallest absolute Gasteiger partial charge is 0.323 e. The Balaban J connectivity index is 2.99. The Morgan fingerprint density at radius 2 is 1.67 bits per heavy atom. The van der Waals surface area contributed by atoms with Gasteiger partial charge in [0, 0.05) is 5.56 Å². The van der Waals surface area contributed by atoms with Gasteiger partial charge in [-0.3, -0.25) is 19.7 Å². The summed E-state index contributed by atoms with van der Waals surface area (Å²) in [6.07, 6.45) is 0. The van der Waals surface area contributed by atoms with Crippen molar-refractivity contribution in [2.75, 3.05) is 7.11 Å². The van der Waals surface area contributed by atoms with Crippen LogP contribution in [0.2, 0.25) is 0 Å². The number of ketones is 2. The number of methoxy groups -OCH3 is 1. The Hall–Kier alpha value is -2.01. The van der Waals surface area contributed by atoms with Crippen LogP contribution in [0.3, 0.4) is 0 Å². The lowest BCUT2D eigenvalue weighted by molar-refractivity contribution is -0.144. The minimum atomic E-state index is -1.06. The van der Waals surface area contributed by atoms with Gasteiger partial charge in [0.15, 0.2) is 11.6 Å². The largest absolute Gasteiger partial charge is 0.468 e. The molecule has 0 bridgehead atoms. The maximum Gasteiger partial charge on any atom is 0.323 e. The minimum Gasteiger partial charge on any atom is -0.468 e. The zero-order valence-electron chi connectivity index (χ0n) is 12.8. The van der Waals surface area contributed by atoms with E-state index in [2.05, 4.69) is 5.32 Å². The molecule has 0 saturated heterocycles. The lowest BCUT2D eigenvalue weighted by Gasteiger charge is -2.24. The summed E-state index contributed by atoms with van der Waals surface area (Å²) in [5, 5.41) is 2.83. The first kappa shape index (κ1) is 17.0. The van der Waals surface area contributed by atoms with Crippen LogP contribution in [0.15, 0.2) is 30.3 Å². The number of benzene rings is 1. The SMILES string of the molecule is COC(=O)[C@H](N[C@H](C(C)=O)C(=O)c1ccccc1)C(C)C. The van der Waals surface area contributed by atoms with E-state index in [0.29, 0.717) is 5.56 Å². The van der Waals surface area contributed by atoms with Crippen molar-refractivity contribution in [3.8, 4) is 0 Å². The third kappa shape index (κ3) is 4.49. The number of Topliss-reactive ketones (excluding diaryl/α,β-unsaturated/α-hetero) is 2. The van der Waals surface area contributed by atoms with Gasteiger partial charge in [-0.15, -0.1) is 0 Å². The van der Waals surface area contributed by atoms with Crippen LogP contribution in [0.25, 0.3) is 0 Å². The fourth-order valence-electron chi connectivity index (χ4n) is 1.99. The van der Waals surface area contributed by atoms with Crippen LogP contribution in [-0.4, -0.2) is 36.7 Å². The summed E-state index contributed by atoms with van der Waals surface area (Å²) >= 11 is 0. The van der Waals surface area contributed by atoms with Crippen molar-refractivity contribution in [1.82, 2.24) is 5.32 Å². The lowest BCUT2D eigenvalue weighted by Crippen LogP contribution is -2.53. The second kappa shape index (κ2) is 7.69. The van der Waals surface area contributed by atoms with Crippen LogP contribution < -0.4 is 5.32 Å². The first-order chi connectivity index (χ1) is 9.88. The van der Waals surface area contributed by atoms with Crippen molar-refractivity contribution in [3.05, 3.63) is 35.9 Å². The van der Waals surface area contributed by atoms with Gasteiger partial charge in [-0.25, -0.2) is 0 Å². The zero-order valence-corrected chi connectivity index (χ0v) is 12.8. The van der Waals surface area contributed by atoms with Gasteiger partial charge >= 0.3 is 5.97 Å². The van der Waals surface area contributed by atoms with Crippen molar-refractivity contribution in [2.45, 2.75) is 32.9 Å². The molecule has 1 aromatic carbocycles. The van der Waals surface area contributed by atoms with Crippen molar-refractivity contribution in [3.63, 3.8) is 0 Å². The van der Waals surface area contributed by atoms with Gasteiger partial charge in [-0.2, -0.15) is 0 Å². The van der Waals surface area contributed by atoms with Crippen molar-refractivity contribution < 1.29 is 19.1 Å². The van der Waals surface area contributed by atoms with E-state index >= 15 is 0 Å². The molecule has 1 aromatic rings. The molecule has 1 rings (SSSR count). The summed E-state index contributed by atoms with van der Waals surface area (Å²) in [5.74, 6) is -1.28. The average Bonchev–Trinajstić information content (AvgIpc) is 2.47. The molecule has 0 aromatic heterocycles. The molecule has 0 fully saturated rings. The summed E-state index contributed by atoms with van der Waals surface area (Å²) in [5.41, 5.74) is 0.428. The van der Waals surface area contributed by atoms with Crippen LogP contribution in [0, 0.1) is 5.92 Å². The summed E-state index contributed by atoms with van der Waals surface area (Å²) in [6, 6.07) is 6.76. The number of esters is 1. The fraction of sp³-hybridized carbons (Fsp3) is 0.438. The molecule has 0 saturated carbocycles. The number of rotatable bonds is 7. The van der Waals surface area contributed by atoms with Gasteiger partial charge in [0.1, 0.15) is 12.1 Å². The van der Waals surface area contributed by atoms with Crippen LogP contribution in [-0.2, 0) is 14.3 Å². The highest BCUT2D eigenvalue weighted by atomic mass is 16.5. The van der Waals surface area contributed by atoms with Gasteiger partial charge in [0.25, 0.3) is 0 Å². The topological polar surface area (TPSA) is 72.5 Å². The molecule has 114 valence electrons. The number of hydrogen-bond donors (Lipinski definition) is 1. The van der Waals surface area contributed by atoms with E-state index in [4.69, 9.17) is 4.74 Å². The van der Waals surface area contributed by atoms with E-state index in [1.807, 2.05) is 13.8 Å². The molecule has 0 radical (unpaired) electrons. The fourth-order valence-corrected chi connectivity index (χ4v) is 1.99. The third-order valence-electron chi connectivity index (χ3n) is 3.20. The molecule has 0 aliphatic rings. The maximum atomic E-state index is 12.4. The van der Waals surface area contributed by atoms with Crippen molar-refractivity contribution in [1.29, 1.82) is 0 Å². The Kier molecular flexibility index (Phi) is 6.24. The summed E-state index contributed by atoms with van der Waals surface area (Å²) in [4.78, 5) is 36.0. The number of carbonyl (C=O) groups excluding carboxylic acids is 3. The zero-order chi connectivity index (χ0) is 16.0. The molecule has 2 atom stereocenters. The molecule has 0 aliphatic heterocycles. The minimum absolute atomic E-state index is 0.108. The predicted molar refractivity (Wildman–Crippen MR) is 79.0 cm³/mol. The average molecular weight is 291 g/mol. The van der Waals surface area contributed by atoms with E-state index in [1.54, 1.807) is 30.3 Å². The maximum absolute atomic E-state index is 12.4. The molecule has 5 nitrogen and oxygen atoms in total. The van der Waals surface area contributed by atoms with Crippen molar-refractivity contribution in [2.24, 2.45) is 5.92 Å². The van der Waals surface area contributed by atoms with Crippen LogP contribution in [0.5, 0.6) is 0 Å². The Morgan fingerprint density at radius 1 is 1.10 bits per heavy atom. The standard InChI is InChI=1S/C16H21NO4/c1-10(2)13(16(20)21-4)17-14(11(3)18)15(19)12-8-6-5-7-9-12/h5-10,13-14,17H,1-4H3/t13-,14-/m1/s1. The molecule has 21 heavy (non-hydrogen) atoms. The van der Waals surface area contributed by atoms with E-state index in [1.165, 1.54) is 14.0 Å². The van der Waals surface area contributed by atoms with Crippen LogP contribution in [0.1, 0.15) is 31.1 Å². The number of carbonyl (C=O) groups is 3. The summed E-state index contributed by atoms with van der Waals surface area (Å²) < 4.78 is 4.72. The van der Waals surface area contributed by atoms with Gasteiger partial charge in [-0.1, -0.05) is 44.2 Å². The predicted octanol–water partition coefficient (Wildman–Crippen LogP) is 1.61. The lowest BCUT2D eigenvalue weighted by atomic mass is 9.97. The highest BCUT2D eigenvalue weighted by Gasteiger charge is 2.32. The monoisotopic (exact) mass is 291 g/mol. The van der Waals surface area contributed by atoms with Gasteiger partial charge in [-0.05, 0) is 12.8 Å². The second-order valence-electron chi connectivity index (χ2n) is 5.19. The van der Waals surface area contributed by atoms with Gasteiger partial charge < -0.3 is 4.74 Å². The molecular weight excluding hydrogens is 270 g/mol. The highest BCUT2D eigenvalue weighted by molar-refractivity contribution is 6.13. The van der Waals surface area contributed by atoms with Gasteiger partial charge in [0.05, 0.1) is 7.11 Å². The molecule has 0 unspecified atom stereocenters. The molecule has 0 amide bonds. The number of hydrogen-bond acceptors (Lipinski definition) is 5. The van der Waals surface area contributed by atoms with E-state index in [0.717, 1.165) is 0 Å². The Morgan fingerprint density at radius 3 is 2.10 bits per heavy atom. The molecule has 5 heteroatoms. The first-order valence-corrected chi connectivity index (χ1v) is 6.82. The molecule has 1 N–H and O–H groups in total. The summed E-state index contributed by atoms with van der Waals surface area (Å²) in [6.45, 7) is 4.96. The highest BCUT2D eigenvalue weighted by Crippen LogP contribution is 2.09. The first-order valence-electron chi connectivity index (χ1n) is 6.82. The van der Waals surface area contributed by atoms with E-state index < -0.39 is 18.1 Å². The van der Waals surface area contributed by atoms with Crippen LogP contribution in [0.4, 0.5) is 0 Å². The Labute approximate surface area is 124 Å². The van der Waals surface area contributed by atoms with Crippen LogP contribution >= 0.6 is 0 Å². The van der Waals surface area contributed by atoms with E-state index in [9.17, 15) is 14.4 Å². The Bertz CT molecular complexity index is 510. The number of ether oxygens (including phenoxy) is 1. The van der Waals surface area contributed by atoms with E-state index in [-0.39, 0.29) is 17.5 Å². The van der Waals surface area contributed by atoms with Gasteiger partial charge in [0.2, 0.25) is 0 Å². The summed E-state index contributed by atoms with van der Waals surface area (Å²) in [7, 11) is 1.28. The van der Waals surface area contributed by atoms with Crippen molar-refractivity contribution >= 4 is 17.5 Å². The molecule has 0 heterocycles.